The van der Waals surface area contributed by atoms with Crippen LogP contribution in [0.25, 0.3) is 11.5 Å². The Kier molecular flexibility index (Phi) is 4.65. The molecule has 0 spiro atoms. The van der Waals surface area contributed by atoms with Gasteiger partial charge in [-0.25, -0.2) is 4.98 Å². The van der Waals surface area contributed by atoms with Gasteiger partial charge < -0.3 is 14.4 Å². The van der Waals surface area contributed by atoms with E-state index in [0.717, 1.165) is 11.5 Å². The topological polar surface area (TPSA) is 60.2 Å². The van der Waals surface area contributed by atoms with E-state index in [1.807, 2.05) is 42.8 Å². The van der Waals surface area contributed by atoms with Crippen molar-refractivity contribution in [2.45, 2.75) is 32.6 Å². The minimum absolute atomic E-state index is 0.118. The van der Waals surface area contributed by atoms with Crippen molar-refractivity contribution in [2.24, 2.45) is 0 Å². The third kappa shape index (κ3) is 3.87. The highest BCUT2D eigenvalue weighted by Gasteiger charge is 2.11. The monoisotopic (exact) mass is 261 g/mol. The molecule has 2 rings (SSSR count). The van der Waals surface area contributed by atoms with Crippen molar-refractivity contribution in [1.29, 1.82) is 0 Å². The summed E-state index contributed by atoms with van der Waals surface area (Å²) < 4.78 is 7.28. The molecule has 0 radical (unpaired) electrons. The van der Waals surface area contributed by atoms with Crippen LogP contribution in [0.2, 0.25) is 0 Å². The molecule has 0 bridgehead atoms. The zero-order valence-electron chi connectivity index (χ0n) is 11.2. The van der Waals surface area contributed by atoms with E-state index in [-0.39, 0.29) is 6.10 Å². The maximum Gasteiger partial charge on any atom is 0.158 e. The molecule has 2 aromatic heterocycles. The fourth-order valence-corrected chi connectivity index (χ4v) is 1.77. The number of aromatic nitrogens is 3. The smallest absolute Gasteiger partial charge is 0.158 e. The average Bonchev–Trinajstić information content (AvgIpc) is 2.85. The number of rotatable bonds is 6. The Balaban J connectivity index is 2.04. The molecule has 19 heavy (non-hydrogen) atoms. The molecule has 0 aliphatic carbocycles. The summed E-state index contributed by atoms with van der Waals surface area (Å²) >= 11 is 0. The second kappa shape index (κ2) is 6.45. The second-order valence-electron chi connectivity index (χ2n) is 4.65. The van der Waals surface area contributed by atoms with Crippen molar-refractivity contribution in [3.8, 4) is 11.5 Å². The third-order valence-electron chi connectivity index (χ3n) is 2.64. The predicted octanol–water partition coefficient (Wildman–Crippen LogP) is 1.73. The number of imidazole rings is 1. The van der Waals surface area contributed by atoms with Crippen LogP contribution in [0.3, 0.4) is 0 Å². The van der Waals surface area contributed by atoms with Crippen molar-refractivity contribution in [1.82, 2.24) is 14.5 Å². The van der Waals surface area contributed by atoms with Crippen LogP contribution >= 0.6 is 0 Å². The molecule has 0 aliphatic rings. The first-order valence-electron chi connectivity index (χ1n) is 6.39. The zero-order chi connectivity index (χ0) is 13.7. The molecule has 0 amide bonds. The van der Waals surface area contributed by atoms with Crippen LogP contribution in [0.5, 0.6) is 0 Å². The number of pyridine rings is 1. The summed E-state index contributed by atoms with van der Waals surface area (Å²) in [5, 5.41) is 9.95. The van der Waals surface area contributed by atoms with Gasteiger partial charge in [-0.05, 0) is 26.0 Å². The van der Waals surface area contributed by atoms with E-state index in [1.165, 1.54) is 0 Å². The first-order chi connectivity index (χ1) is 9.16. The second-order valence-corrected chi connectivity index (χ2v) is 4.65. The molecular formula is C14H19N3O2. The van der Waals surface area contributed by atoms with E-state index in [4.69, 9.17) is 4.74 Å². The Morgan fingerprint density at radius 3 is 2.79 bits per heavy atom. The van der Waals surface area contributed by atoms with E-state index in [9.17, 15) is 5.11 Å². The molecule has 0 saturated carbocycles. The Morgan fingerprint density at radius 1 is 1.26 bits per heavy atom. The van der Waals surface area contributed by atoms with Gasteiger partial charge >= 0.3 is 0 Å². The van der Waals surface area contributed by atoms with E-state index in [1.54, 1.807) is 12.4 Å². The summed E-state index contributed by atoms with van der Waals surface area (Å²) in [6.07, 6.45) is 4.83. The Bertz CT molecular complexity index is 496. The summed E-state index contributed by atoms with van der Waals surface area (Å²) in [5.41, 5.74) is 0.796. The number of aliphatic hydroxyl groups excluding tert-OH is 1. The molecule has 1 unspecified atom stereocenters. The van der Waals surface area contributed by atoms with Crippen LogP contribution in [-0.4, -0.2) is 38.5 Å². The van der Waals surface area contributed by atoms with Gasteiger partial charge in [0.15, 0.2) is 5.82 Å². The molecule has 5 nitrogen and oxygen atoms in total. The average molecular weight is 261 g/mol. The van der Waals surface area contributed by atoms with Crippen LogP contribution < -0.4 is 0 Å². The normalized spacial score (nSPS) is 12.8. The molecule has 0 aromatic carbocycles. The molecule has 2 heterocycles. The van der Waals surface area contributed by atoms with Crippen LogP contribution in [0.4, 0.5) is 0 Å². The predicted molar refractivity (Wildman–Crippen MR) is 72.6 cm³/mol. The fourth-order valence-electron chi connectivity index (χ4n) is 1.77. The maximum atomic E-state index is 9.95. The van der Waals surface area contributed by atoms with Crippen molar-refractivity contribution in [3.63, 3.8) is 0 Å². The highest BCUT2D eigenvalue weighted by Crippen LogP contribution is 2.14. The molecule has 1 atom stereocenters. The van der Waals surface area contributed by atoms with E-state index in [0.29, 0.717) is 13.2 Å². The Morgan fingerprint density at radius 2 is 2.11 bits per heavy atom. The van der Waals surface area contributed by atoms with Gasteiger partial charge in [-0.1, -0.05) is 6.07 Å². The van der Waals surface area contributed by atoms with Crippen molar-refractivity contribution >= 4 is 0 Å². The Labute approximate surface area is 112 Å². The minimum atomic E-state index is -0.556. The van der Waals surface area contributed by atoms with Crippen molar-refractivity contribution < 1.29 is 9.84 Å². The van der Waals surface area contributed by atoms with Gasteiger partial charge in [0.1, 0.15) is 5.69 Å². The highest BCUT2D eigenvalue weighted by atomic mass is 16.5. The lowest BCUT2D eigenvalue weighted by molar-refractivity contribution is -0.000537. The maximum absolute atomic E-state index is 9.95. The van der Waals surface area contributed by atoms with E-state index in [2.05, 4.69) is 9.97 Å². The van der Waals surface area contributed by atoms with Gasteiger partial charge in [0.05, 0.1) is 25.4 Å². The van der Waals surface area contributed by atoms with Crippen molar-refractivity contribution in [3.05, 3.63) is 36.8 Å². The van der Waals surface area contributed by atoms with Gasteiger partial charge in [0, 0.05) is 18.6 Å². The number of hydrogen-bond acceptors (Lipinski definition) is 4. The standard InChI is InChI=1S/C14H19N3O2/c1-11(2)19-10-12(18)9-17-8-7-16-14(17)13-5-3-4-6-15-13/h3-8,11-12,18H,9-10H2,1-2H3. The van der Waals surface area contributed by atoms with Crippen LogP contribution in [0.1, 0.15) is 13.8 Å². The van der Waals surface area contributed by atoms with Crippen LogP contribution in [-0.2, 0) is 11.3 Å². The number of aliphatic hydroxyl groups is 1. The van der Waals surface area contributed by atoms with Gasteiger partial charge in [-0.15, -0.1) is 0 Å². The van der Waals surface area contributed by atoms with Crippen LogP contribution in [0, 0.1) is 0 Å². The first kappa shape index (κ1) is 13.7. The fraction of sp³-hybridized carbons (Fsp3) is 0.429. The highest BCUT2D eigenvalue weighted by molar-refractivity contribution is 5.48. The summed E-state index contributed by atoms with van der Waals surface area (Å²) in [4.78, 5) is 8.55. The molecule has 5 heteroatoms. The molecule has 102 valence electrons. The summed E-state index contributed by atoms with van der Waals surface area (Å²) in [5.74, 6) is 0.754. The van der Waals surface area contributed by atoms with Crippen LogP contribution in [0.15, 0.2) is 36.8 Å². The number of ether oxygens (including phenoxy) is 1. The van der Waals surface area contributed by atoms with Gasteiger partial charge in [-0.2, -0.15) is 0 Å². The van der Waals surface area contributed by atoms with Gasteiger partial charge in [-0.3, -0.25) is 4.98 Å². The van der Waals surface area contributed by atoms with Gasteiger partial charge in [0.25, 0.3) is 0 Å². The zero-order valence-corrected chi connectivity index (χ0v) is 11.2. The van der Waals surface area contributed by atoms with Gasteiger partial charge in [0.2, 0.25) is 0 Å². The minimum Gasteiger partial charge on any atom is -0.389 e. The first-order valence-corrected chi connectivity index (χ1v) is 6.39. The third-order valence-corrected chi connectivity index (χ3v) is 2.64. The lowest BCUT2D eigenvalue weighted by Crippen LogP contribution is -2.24. The number of hydrogen-bond donors (Lipinski definition) is 1. The lowest BCUT2D eigenvalue weighted by atomic mass is 10.3. The lowest BCUT2D eigenvalue weighted by Gasteiger charge is -2.15. The molecule has 1 N–H and O–H groups in total. The molecule has 2 aromatic rings. The largest absolute Gasteiger partial charge is 0.389 e. The summed E-state index contributed by atoms with van der Waals surface area (Å²) in [6, 6.07) is 5.68. The SMILES string of the molecule is CC(C)OCC(O)Cn1ccnc1-c1ccccn1. The van der Waals surface area contributed by atoms with E-state index >= 15 is 0 Å². The summed E-state index contributed by atoms with van der Waals surface area (Å²) in [7, 11) is 0. The Hall–Kier alpha value is -1.72. The number of nitrogens with zero attached hydrogens (tertiary/aromatic N) is 3. The molecule has 0 aliphatic heterocycles. The summed E-state index contributed by atoms with van der Waals surface area (Å²) in [6.45, 7) is 4.66. The molecule has 0 fully saturated rings. The molecule has 0 saturated heterocycles. The van der Waals surface area contributed by atoms with Crippen molar-refractivity contribution in [2.75, 3.05) is 6.61 Å². The molecular weight excluding hydrogens is 242 g/mol. The van der Waals surface area contributed by atoms with E-state index < -0.39 is 6.10 Å². The quantitative estimate of drug-likeness (QED) is 0.860.